The molecule has 6 nitrogen and oxygen atoms in total. The number of fused-ring (bicyclic) bond motifs is 1. The first-order valence-electron chi connectivity index (χ1n) is 4.31. The molecule has 2 heterocycles. The van der Waals surface area contributed by atoms with E-state index in [9.17, 15) is 9.90 Å². The molecule has 0 amide bonds. The molecule has 2 N–H and O–H groups in total. The van der Waals surface area contributed by atoms with Gasteiger partial charge in [-0.25, -0.2) is 4.79 Å². The van der Waals surface area contributed by atoms with Crippen molar-refractivity contribution in [3.05, 3.63) is 23.9 Å². The fourth-order valence-corrected chi connectivity index (χ4v) is 1.34. The number of aliphatic carboxylic acids is 1. The lowest BCUT2D eigenvalue weighted by atomic mass is 10.2. The van der Waals surface area contributed by atoms with Crippen LogP contribution in [0.25, 0.3) is 0 Å². The molecule has 2 rings (SSSR count). The molecule has 15 heavy (non-hydrogen) atoms. The van der Waals surface area contributed by atoms with Gasteiger partial charge in [-0.05, 0) is 18.6 Å². The molecule has 0 aromatic rings. The average molecular weight is 207 g/mol. The minimum absolute atomic E-state index is 0.377. The summed E-state index contributed by atoms with van der Waals surface area (Å²) < 4.78 is 0. The summed E-state index contributed by atoms with van der Waals surface area (Å²) in [6.07, 6.45) is 3.82. The maximum Gasteiger partial charge on any atom is 0.356 e. The Morgan fingerprint density at radius 1 is 1.47 bits per heavy atom. The van der Waals surface area contributed by atoms with Crippen LogP contribution in [-0.4, -0.2) is 38.9 Å². The highest BCUT2D eigenvalue weighted by Crippen LogP contribution is 2.16. The Morgan fingerprint density at radius 2 is 2.20 bits per heavy atom. The molecule has 78 valence electrons. The fourth-order valence-electron chi connectivity index (χ4n) is 1.34. The third-order valence-corrected chi connectivity index (χ3v) is 2.09. The summed E-state index contributed by atoms with van der Waals surface area (Å²) >= 11 is 0. The van der Waals surface area contributed by atoms with Gasteiger partial charge in [0.25, 0.3) is 0 Å². The first kappa shape index (κ1) is 9.60. The zero-order valence-electron chi connectivity index (χ0n) is 7.95. The minimum Gasteiger partial charge on any atom is -0.477 e. The van der Waals surface area contributed by atoms with E-state index in [0.29, 0.717) is 5.84 Å². The average Bonchev–Trinajstić information content (AvgIpc) is 2.19. The lowest BCUT2D eigenvalue weighted by Crippen LogP contribution is -2.46. The van der Waals surface area contributed by atoms with E-state index in [2.05, 4.69) is 10.2 Å². The van der Waals surface area contributed by atoms with E-state index < -0.39 is 12.2 Å². The van der Waals surface area contributed by atoms with Gasteiger partial charge in [-0.1, -0.05) is 6.08 Å². The van der Waals surface area contributed by atoms with Crippen LogP contribution in [0.3, 0.4) is 0 Å². The zero-order valence-corrected chi connectivity index (χ0v) is 7.95. The van der Waals surface area contributed by atoms with Crippen molar-refractivity contribution in [3.8, 4) is 0 Å². The highest BCUT2D eigenvalue weighted by molar-refractivity contribution is 6.38. The number of hydrogen-bond acceptors (Lipinski definition) is 5. The zero-order chi connectivity index (χ0) is 11.0. The summed E-state index contributed by atoms with van der Waals surface area (Å²) in [5.41, 5.74) is 0.526. The molecular formula is C9H9N3O3. The number of aliphatic hydroxyl groups is 1. The van der Waals surface area contributed by atoms with Crippen molar-refractivity contribution >= 4 is 17.5 Å². The van der Waals surface area contributed by atoms with Crippen LogP contribution in [0.15, 0.2) is 34.1 Å². The lowest BCUT2D eigenvalue weighted by molar-refractivity contribution is -0.130. The molecule has 0 aromatic heterocycles. The van der Waals surface area contributed by atoms with Crippen molar-refractivity contribution in [1.82, 2.24) is 4.90 Å². The molecule has 0 unspecified atom stereocenters. The van der Waals surface area contributed by atoms with Crippen LogP contribution >= 0.6 is 0 Å². The lowest BCUT2D eigenvalue weighted by Gasteiger charge is -2.29. The standard InChI is InChI=1S/C9H9N3O3/c1-5-2-3-6-10-11-7(9(14)15)8(13)12(6)4-5/h2-4,8,13H,1H3,(H,14,15)/t8-/m0/s1. The molecule has 0 fully saturated rings. The summed E-state index contributed by atoms with van der Waals surface area (Å²) in [7, 11) is 0. The Balaban J connectivity index is 2.40. The third-order valence-electron chi connectivity index (χ3n) is 2.09. The van der Waals surface area contributed by atoms with Crippen LogP contribution in [0, 0.1) is 0 Å². The van der Waals surface area contributed by atoms with Gasteiger partial charge < -0.3 is 10.2 Å². The molecule has 0 aromatic carbocycles. The second kappa shape index (κ2) is 3.32. The second-order valence-corrected chi connectivity index (χ2v) is 3.24. The van der Waals surface area contributed by atoms with Crippen molar-refractivity contribution in [1.29, 1.82) is 0 Å². The quantitative estimate of drug-likeness (QED) is 0.630. The summed E-state index contributed by atoms with van der Waals surface area (Å²) in [5, 5.41) is 25.6. The molecule has 0 saturated carbocycles. The number of amidine groups is 1. The molecule has 0 saturated heterocycles. The predicted molar refractivity (Wildman–Crippen MR) is 53.2 cm³/mol. The van der Waals surface area contributed by atoms with E-state index in [1.807, 2.05) is 13.0 Å². The van der Waals surface area contributed by atoms with E-state index >= 15 is 0 Å². The Morgan fingerprint density at radius 3 is 2.87 bits per heavy atom. The van der Waals surface area contributed by atoms with Gasteiger partial charge in [-0.2, -0.15) is 0 Å². The largest absolute Gasteiger partial charge is 0.477 e. The van der Waals surface area contributed by atoms with Crippen LogP contribution in [-0.2, 0) is 4.79 Å². The van der Waals surface area contributed by atoms with Crippen molar-refractivity contribution in [2.24, 2.45) is 10.2 Å². The first-order valence-corrected chi connectivity index (χ1v) is 4.31. The third kappa shape index (κ3) is 1.55. The van der Waals surface area contributed by atoms with Gasteiger partial charge in [0.15, 0.2) is 17.8 Å². The number of hydrogen-bond donors (Lipinski definition) is 2. The van der Waals surface area contributed by atoms with Crippen LogP contribution in [0.1, 0.15) is 6.92 Å². The van der Waals surface area contributed by atoms with Crippen LogP contribution in [0.5, 0.6) is 0 Å². The number of nitrogens with zero attached hydrogens (tertiary/aromatic N) is 3. The van der Waals surface area contributed by atoms with E-state index in [1.165, 1.54) is 4.90 Å². The molecular weight excluding hydrogens is 198 g/mol. The number of rotatable bonds is 1. The highest BCUT2D eigenvalue weighted by Gasteiger charge is 2.31. The van der Waals surface area contributed by atoms with E-state index in [-0.39, 0.29) is 5.71 Å². The van der Waals surface area contributed by atoms with E-state index in [4.69, 9.17) is 5.11 Å². The van der Waals surface area contributed by atoms with Gasteiger partial charge in [0.2, 0.25) is 0 Å². The topological polar surface area (TPSA) is 85.5 Å². The highest BCUT2D eigenvalue weighted by atomic mass is 16.4. The number of carboxylic acids is 1. The molecule has 6 heteroatoms. The SMILES string of the molecule is CC1=CN2C(=NN=C(C(=O)O)[C@@H]2O)C=C1. The Hall–Kier alpha value is -1.95. The molecule has 2 aliphatic heterocycles. The minimum atomic E-state index is -1.28. The van der Waals surface area contributed by atoms with Crippen molar-refractivity contribution in [3.63, 3.8) is 0 Å². The van der Waals surface area contributed by atoms with Gasteiger partial charge in [0.05, 0.1) is 0 Å². The first-order chi connectivity index (χ1) is 7.09. The number of carboxylic acid groups (broad SMARTS) is 1. The smallest absolute Gasteiger partial charge is 0.356 e. The molecule has 0 aliphatic carbocycles. The fraction of sp³-hybridized carbons (Fsp3) is 0.222. The van der Waals surface area contributed by atoms with Crippen molar-refractivity contribution in [2.75, 3.05) is 0 Å². The summed E-state index contributed by atoms with van der Waals surface area (Å²) in [5.74, 6) is -0.844. The maximum atomic E-state index is 10.7. The predicted octanol–water partition coefficient (Wildman–Crippen LogP) is -0.0669. The summed E-state index contributed by atoms with van der Waals surface area (Å²) in [4.78, 5) is 12.1. The Bertz CT molecular complexity index is 434. The number of carbonyl (C=O) groups is 1. The normalized spacial score (nSPS) is 24.0. The van der Waals surface area contributed by atoms with Gasteiger partial charge in [-0.15, -0.1) is 10.2 Å². The Labute approximate surface area is 85.5 Å². The van der Waals surface area contributed by atoms with Gasteiger partial charge >= 0.3 is 5.97 Å². The molecule has 0 spiro atoms. The van der Waals surface area contributed by atoms with Crippen LogP contribution in [0.2, 0.25) is 0 Å². The van der Waals surface area contributed by atoms with Crippen molar-refractivity contribution in [2.45, 2.75) is 13.2 Å². The summed E-state index contributed by atoms with van der Waals surface area (Å²) in [6, 6.07) is 0. The van der Waals surface area contributed by atoms with Crippen molar-refractivity contribution < 1.29 is 15.0 Å². The molecule has 0 bridgehead atoms. The molecule has 0 radical (unpaired) electrons. The maximum absolute atomic E-state index is 10.7. The number of allylic oxidation sites excluding steroid dienone is 2. The summed E-state index contributed by atoms with van der Waals surface area (Å²) in [6.45, 7) is 1.84. The van der Waals surface area contributed by atoms with E-state index in [1.54, 1.807) is 12.3 Å². The number of aliphatic hydroxyl groups excluding tert-OH is 1. The molecule has 1 atom stereocenters. The van der Waals surface area contributed by atoms with Crippen LogP contribution < -0.4 is 0 Å². The van der Waals surface area contributed by atoms with Gasteiger partial charge in [0.1, 0.15) is 0 Å². The van der Waals surface area contributed by atoms with Gasteiger partial charge in [-0.3, -0.25) is 4.90 Å². The molecule has 2 aliphatic rings. The van der Waals surface area contributed by atoms with Crippen LogP contribution in [0.4, 0.5) is 0 Å². The Kier molecular flexibility index (Phi) is 2.12. The van der Waals surface area contributed by atoms with Gasteiger partial charge in [0, 0.05) is 6.20 Å². The second-order valence-electron chi connectivity index (χ2n) is 3.24. The van der Waals surface area contributed by atoms with E-state index in [0.717, 1.165) is 5.57 Å². The monoisotopic (exact) mass is 207 g/mol.